The molecule has 2 aromatic rings. The number of hydroxylamine groups is 2. The number of benzene rings is 2. The molecular formula is C35H46N4O12. The van der Waals surface area contributed by atoms with Crippen LogP contribution < -0.4 is 20.7 Å². The summed E-state index contributed by atoms with van der Waals surface area (Å²) in [5.41, 5.74) is 1.16. The van der Waals surface area contributed by atoms with Gasteiger partial charge in [0.15, 0.2) is 6.61 Å². The van der Waals surface area contributed by atoms with Gasteiger partial charge < -0.3 is 34.9 Å². The number of nitrogens with zero attached hydrogens (tertiary/aromatic N) is 1. The van der Waals surface area contributed by atoms with Gasteiger partial charge in [0.2, 0.25) is 12.3 Å². The molecule has 0 radical (unpaired) electrons. The molecule has 2 rings (SSSR count). The van der Waals surface area contributed by atoms with Crippen LogP contribution in [0.15, 0.2) is 42.5 Å². The minimum absolute atomic E-state index is 0.0652. The molecule has 16 heteroatoms. The van der Waals surface area contributed by atoms with Crippen LogP contribution in [0.25, 0.3) is 11.1 Å². The first-order valence-corrected chi connectivity index (χ1v) is 16.3. The van der Waals surface area contributed by atoms with E-state index >= 15 is 0 Å². The fraction of sp³-hybridized carbons (Fsp3) is 0.457. The van der Waals surface area contributed by atoms with Crippen molar-refractivity contribution < 1.29 is 57.7 Å². The lowest BCUT2D eigenvalue weighted by molar-refractivity contribution is -0.168. The first-order chi connectivity index (χ1) is 24.4. The number of esters is 3. The molecule has 4 amide bonds. The van der Waals surface area contributed by atoms with E-state index in [-0.39, 0.29) is 30.0 Å². The normalized spacial score (nSPS) is 12.3. The molecule has 0 saturated heterocycles. The summed E-state index contributed by atoms with van der Waals surface area (Å²) in [7, 11) is 3.39. The van der Waals surface area contributed by atoms with Crippen molar-refractivity contribution in [1.82, 2.24) is 21.0 Å². The molecule has 51 heavy (non-hydrogen) atoms. The van der Waals surface area contributed by atoms with Crippen molar-refractivity contribution in [3.63, 3.8) is 0 Å². The van der Waals surface area contributed by atoms with Crippen LogP contribution in [0, 0.1) is 5.92 Å². The minimum Gasteiger partial charge on any atom is -0.481 e. The monoisotopic (exact) mass is 714 g/mol. The highest BCUT2D eigenvalue weighted by atomic mass is 16.6. The van der Waals surface area contributed by atoms with E-state index in [0.29, 0.717) is 29.0 Å². The highest BCUT2D eigenvalue weighted by Gasteiger charge is 2.31. The molecule has 0 spiro atoms. The first kappa shape index (κ1) is 41.7. The highest BCUT2D eigenvalue weighted by molar-refractivity contribution is 6.01. The van der Waals surface area contributed by atoms with Crippen molar-refractivity contribution in [1.29, 1.82) is 0 Å². The van der Waals surface area contributed by atoms with E-state index in [9.17, 15) is 38.8 Å². The Kier molecular flexibility index (Phi) is 17.6. The zero-order chi connectivity index (χ0) is 37.9. The van der Waals surface area contributed by atoms with Gasteiger partial charge in [0.05, 0.1) is 51.9 Å². The van der Waals surface area contributed by atoms with Crippen LogP contribution in [0.3, 0.4) is 0 Å². The average molecular weight is 715 g/mol. The Labute approximate surface area is 296 Å². The van der Waals surface area contributed by atoms with Crippen molar-refractivity contribution in [3.8, 4) is 16.9 Å². The van der Waals surface area contributed by atoms with Crippen LogP contribution in [0.2, 0.25) is 0 Å². The Hall–Kier alpha value is -5.51. The van der Waals surface area contributed by atoms with Gasteiger partial charge in [-0.1, -0.05) is 51.3 Å². The molecule has 0 heterocycles. The zero-order valence-corrected chi connectivity index (χ0v) is 29.4. The second kappa shape index (κ2) is 21.5. The number of methoxy groups -OCH3 is 3. The summed E-state index contributed by atoms with van der Waals surface area (Å²) in [5.74, 6) is -4.87. The Bertz CT molecular complexity index is 1530. The number of unbranched alkanes of at least 4 members (excludes halogenated alkanes) is 2. The van der Waals surface area contributed by atoms with E-state index in [2.05, 4.69) is 30.2 Å². The molecule has 0 bridgehead atoms. The third kappa shape index (κ3) is 12.7. The van der Waals surface area contributed by atoms with Gasteiger partial charge in [-0.15, -0.1) is 0 Å². The fourth-order valence-electron chi connectivity index (χ4n) is 5.16. The molecule has 16 nitrogen and oxygen atoms in total. The van der Waals surface area contributed by atoms with Crippen LogP contribution in [-0.4, -0.2) is 99.0 Å². The average Bonchev–Trinajstić information content (AvgIpc) is 3.15. The lowest BCUT2D eigenvalue weighted by Gasteiger charge is -2.29. The number of hydrogen-bond donors (Lipinski definition) is 4. The number of nitrogens with one attached hydrogen (secondary N) is 3. The van der Waals surface area contributed by atoms with Gasteiger partial charge in [-0.05, 0) is 48.2 Å². The number of amides is 4. The van der Waals surface area contributed by atoms with Crippen molar-refractivity contribution >= 4 is 42.0 Å². The summed E-state index contributed by atoms with van der Waals surface area (Å²) < 4.78 is 19.5. The number of hydrogen-bond acceptors (Lipinski definition) is 12. The summed E-state index contributed by atoms with van der Waals surface area (Å²) in [6.45, 7) is 3.01. The Morgan fingerprint density at radius 1 is 0.863 bits per heavy atom. The van der Waals surface area contributed by atoms with Crippen LogP contribution in [-0.2, 0) is 38.2 Å². The van der Waals surface area contributed by atoms with E-state index in [4.69, 9.17) is 4.74 Å². The summed E-state index contributed by atoms with van der Waals surface area (Å²) >= 11 is 0. The van der Waals surface area contributed by atoms with Crippen LogP contribution in [0.1, 0.15) is 73.1 Å². The SMILES string of the molecule is CCCCC[C@@H](C(=O)NCNC(=O)c1cccc(-c2ccc(C(=O)N[C@@H](CC(=O)OC)C(=O)OC)c(OCC(=O)OC)c2)c1)[C@@H](CC)N(O)C=O. The number of carbonyl (C=O) groups excluding carboxylic acids is 7. The number of rotatable bonds is 21. The number of ether oxygens (including phenoxy) is 4. The van der Waals surface area contributed by atoms with E-state index in [0.717, 1.165) is 40.6 Å². The molecular weight excluding hydrogens is 668 g/mol. The Balaban J connectivity index is 2.27. The molecule has 4 N–H and O–H groups in total. The van der Waals surface area contributed by atoms with Gasteiger partial charge in [0.25, 0.3) is 11.8 Å². The largest absolute Gasteiger partial charge is 0.481 e. The van der Waals surface area contributed by atoms with E-state index in [1.807, 2.05) is 6.92 Å². The molecule has 0 aliphatic rings. The summed E-state index contributed by atoms with van der Waals surface area (Å²) in [6, 6.07) is 8.73. The third-order valence-electron chi connectivity index (χ3n) is 7.94. The van der Waals surface area contributed by atoms with Gasteiger partial charge in [-0.2, -0.15) is 0 Å². The van der Waals surface area contributed by atoms with Crippen LogP contribution in [0.5, 0.6) is 5.75 Å². The second-order valence-corrected chi connectivity index (χ2v) is 11.3. The van der Waals surface area contributed by atoms with Gasteiger partial charge in [0.1, 0.15) is 11.8 Å². The quantitative estimate of drug-likeness (QED) is 0.0279. The lowest BCUT2D eigenvalue weighted by atomic mass is 9.90. The molecule has 0 unspecified atom stereocenters. The molecule has 0 fully saturated rings. The topological polar surface area (TPSA) is 216 Å². The third-order valence-corrected chi connectivity index (χ3v) is 7.94. The van der Waals surface area contributed by atoms with Gasteiger partial charge in [-0.3, -0.25) is 29.2 Å². The maximum Gasteiger partial charge on any atom is 0.343 e. The van der Waals surface area contributed by atoms with Crippen molar-refractivity contribution in [2.45, 2.75) is 64.5 Å². The summed E-state index contributed by atoms with van der Waals surface area (Å²) in [4.78, 5) is 86.5. The zero-order valence-electron chi connectivity index (χ0n) is 29.4. The molecule has 0 aliphatic heterocycles. The lowest BCUT2D eigenvalue weighted by Crippen LogP contribution is -2.47. The molecule has 0 aliphatic carbocycles. The van der Waals surface area contributed by atoms with Gasteiger partial charge in [0, 0.05) is 5.56 Å². The standard InChI is InChI=1S/C35H46N4O12/c1-6-8-9-13-25(28(7-2)39(47)21-40)33(44)37-20-36-32(43)24-12-10-11-22(16-24)23-14-15-26(29(17-23)51-19-31(42)49-4)34(45)38-27(35(46)50-5)18-30(41)48-3/h10-12,14-17,21,25,27-28,47H,6-9,13,18-20H2,1-5H3,(H,36,43)(H,37,44)(H,38,45)/t25-,27+,28-/m1/s1. The van der Waals surface area contributed by atoms with E-state index in [1.165, 1.54) is 12.1 Å². The molecule has 0 aromatic heterocycles. The molecule has 0 saturated carbocycles. The summed E-state index contributed by atoms with van der Waals surface area (Å²) in [6.07, 6.45) is 3.10. The van der Waals surface area contributed by atoms with E-state index in [1.54, 1.807) is 37.3 Å². The fourth-order valence-corrected chi connectivity index (χ4v) is 5.16. The van der Waals surface area contributed by atoms with Crippen molar-refractivity contribution in [2.24, 2.45) is 5.92 Å². The molecule has 3 atom stereocenters. The van der Waals surface area contributed by atoms with Gasteiger partial charge >= 0.3 is 17.9 Å². The highest BCUT2D eigenvalue weighted by Crippen LogP contribution is 2.29. The minimum atomic E-state index is -1.37. The molecule has 2 aromatic carbocycles. The Morgan fingerprint density at radius 2 is 1.57 bits per heavy atom. The predicted molar refractivity (Wildman–Crippen MR) is 181 cm³/mol. The van der Waals surface area contributed by atoms with E-state index < -0.39 is 66.7 Å². The van der Waals surface area contributed by atoms with Gasteiger partial charge in [-0.25, -0.2) is 14.7 Å². The molecule has 278 valence electrons. The predicted octanol–water partition coefficient (Wildman–Crippen LogP) is 2.37. The van der Waals surface area contributed by atoms with Crippen molar-refractivity contribution in [3.05, 3.63) is 53.6 Å². The Morgan fingerprint density at radius 3 is 2.20 bits per heavy atom. The van der Waals surface area contributed by atoms with Crippen molar-refractivity contribution in [2.75, 3.05) is 34.6 Å². The maximum atomic E-state index is 13.3. The van der Waals surface area contributed by atoms with Crippen LogP contribution >= 0.6 is 0 Å². The van der Waals surface area contributed by atoms with Crippen LogP contribution in [0.4, 0.5) is 0 Å². The first-order valence-electron chi connectivity index (χ1n) is 16.3. The smallest absolute Gasteiger partial charge is 0.343 e. The maximum absolute atomic E-state index is 13.3. The summed E-state index contributed by atoms with van der Waals surface area (Å²) in [5, 5.41) is 18.3. The second-order valence-electron chi connectivity index (χ2n) is 11.3. The number of carbonyl (C=O) groups is 7.